The van der Waals surface area contributed by atoms with Crippen LogP contribution in [-0.4, -0.2) is 36.7 Å². The Morgan fingerprint density at radius 1 is 1.56 bits per heavy atom. The van der Waals surface area contributed by atoms with E-state index in [1.54, 1.807) is 4.68 Å². The van der Waals surface area contributed by atoms with Crippen molar-refractivity contribution in [2.45, 2.75) is 19.4 Å². The zero-order chi connectivity index (χ0) is 11.4. The Bertz CT molecular complexity index is 419. The van der Waals surface area contributed by atoms with Crippen molar-refractivity contribution in [1.82, 2.24) is 35.5 Å². The molecular weight excluding hydrogens is 206 g/mol. The molecule has 86 valence electrons. The summed E-state index contributed by atoms with van der Waals surface area (Å²) in [6.45, 7) is 2.92. The summed E-state index contributed by atoms with van der Waals surface area (Å²) in [6, 6.07) is 0.101. The third-order valence-electron chi connectivity index (χ3n) is 2.28. The van der Waals surface area contributed by atoms with Gasteiger partial charge in [-0.15, -0.1) is 5.10 Å². The molecule has 7 nitrogen and oxygen atoms in total. The lowest BCUT2D eigenvalue weighted by molar-refractivity contribution is 0.518. The Labute approximate surface area is 93.3 Å². The molecule has 2 rings (SSSR count). The molecule has 7 heteroatoms. The minimum atomic E-state index is 0.101. The highest BCUT2D eigenvalue weighted by Crippen LogP contribution is 2.11. The molecule has 0 spiro atoms. The molecule has 0 aliphatic carbocycles. The van der Waals surface area contributed by atoms with Gasteiger partial charge in [0.25, 0.3) is 0 Å². The van der Waals surface area contributed by atoms with Crippen LogP contribution in [0.5, 0.6) is 0 Å². The minimum Gasteiger partial charge on any atom is -0.307 e. The van der Waals surface area contributed by atoms with Crippen LogP contribution in [0.1, 0.15) is 24.5 Å². The van der Waals surface area contributed by atoms with Gasteiger partial charge in [-0.05, 0) is 6.54 Å². The number of rotatable bonds is 5. The number of hydrogen-bond donors (Lipinski definition) is 2. The predicted molar refractivity (Wildman–Crippen MR) is 57.5 cm³/mol. The number of aryl methyl sites for hydroxylation is 1. The maximum Gasteiger partial charge on any atom is 0.141 e. The highest BCUT2D eigenvalue weighted by Gasteiger charge is 2.15. The first kappa shape index (κ1) is 10.7. The standard InChI is InChI=1S/C9H15N7/c1-3-10-8(9-11-6-12-14-9)4-7-5-16(2)15-13-7/h5-6,8,10H,3-4H2,1-2H3,(H,11,12,14). The lowest BCUT2D eigenvalue weighted by Crippen LogP contribution is -2.24. The van der Waals surface area contributed by atoms with E-state index in [1.807, 2.05) is 13.2 Å². The predicted octanol–water partition coefficient (Wildman–Crippen LogP) is -0.174. The fourth-order valence-corrected chi connectivity index (χ4v) is 1.59. The second kappa shape index (κ2) is 4.84. The molecule has 0 aliphatic heterocycles. The molecule has 2 N–H and O–H groups in total. The molecule has 0 saturated heterocycles. The molecule has 16 heavy (non-hydrogen) atoms. The second-order valence-electron chi connectivity index (χ2n) is 3.57. The van der Waals surface area contributed by atoms with Gasteiger partial charge in [-0.1, -0.05) is 12.1 Å². The quantitative estimate of drug-likeness (QED) is 0.732. The van der Waals surface area contributed by atoms with Gasteiger partial charge in [-0.3, -0.25) is 9.78 Å². The zero-order valence-corrected chi connectivity index (χ0v) is 9.38. The van der Waals surface area contributed by atoms with E-state index in [4.69, 9.17) is 0 Å². The van der Waals surface area contributed by atoms with Crippen LogP contribution in [0.2, 0.25) is 0 Å². The van der Waals surface area contributed by atoms with E-state index >= 15 is 0 Å². The minimum absolute atomic E-state index is 0.101. The summed E-state index contributed by atoms with van der Waals surface area (Å²) in [4.78, 5) is 4.15. The van der Waals surface area contributed by atoms with Gasteiger partial charge in [-0.25, -0.2) is 4.98 Å². The van der Waals surface area contributed by atoms with E-state index < -0.39 is 0 Å². The van der Waals surface area contributed by atoms with E-state index in [9.17, 15) is 0 Å². The molecule has 0 saturated carbocycles. The first-order chi connectivity index (χ1) is 7.79. The van der Waals surface area contributed by atoms with E-state index in [0.717, 1.165) is 24.5 Å². The zero-order valence-electron chi connectivity index (χ0n) is 9.38. The fourth-order valence-electron chi connectivity index (χ4n) is 1.59. The number of likely N-dealkylation sites (N-methyl/N-ethyl adjacent to an activating group) is 1. The van der Waals surface area contributed by atoms with E-state index in [1.165, 1.54) is 6.33 Å². The van der Waals surface area contributed by atoms with E-state index in [2.05, 4.69) is 37.7 Å². The van der Waals surface area contributed by atoms with Gasteiger partial charge in [0.2, 0.25) is 0 Å². The lowest BCUT2D eigenvalue weighted by Gasteiger charge is -2.12. The smallest absolute Gasteiger partial charge is 0.141 e. The Morgan fingerprint density at radius 3 is 3.00 bits per heavy atom. The van der Waals surface area contributed by atoms with Crippen LogP contribution >= 0.6 is 0 Å². The van der Waals surface area contributed by atoms with Crippen molar-refractivity contribution in [3.63, 3.8) is 0 Å². The number of hydrogen-bond acceptors (Lipinski definition) is 5. The third-order valence-corrected chi connectivity index (χ3v) is 2.28. The van der Waals surface area contributed by atoms with Crippen LogP contribution in [0.15, 0.2) is 12.5 Å². The lowest BCUT2D eigenvalue weighted by atomic mass is 10.1. The SMILES string of the molecule is CCNC(Cc1cn(C)nn1)c1ncn[nH]1. The first-order valence-electron chi connectivity index (χ1n) is 5.23. The third kappa shape index (κ3) is 2.43. The Hall–Kier alpha value is -1.76. The number of aromatic amines is 1. The van der Waals surface area contributed by atoms with Gasteiger partial charge in [0.05, 0.1) is 11.7 Å². The van der Waals surface area contributed by atoms with Gasteiger partial charge >= 0.3 is 0 Å². The van der Waals surface area contributed by atoms with Crippen LogP contribution in [0, 0.1) is 0 Å². The van der Waals surface area contributed by atoms with Crippen molar-refractivity contribution >= 4 is 0 Å². The summed E-state index contributed by atoms with van der Waals surface area (Å²) >= 11 is 0. The molecule has 0 aromatic carbocycles. The summed E-state index contributed by atoms with van der Waals surface area (Å²) in [5.74, 6) is 0.826. The molecule has 1 unspecified atom stereocenters. The summed E-state index contributed by atoms with van der Waals surface area (Å²) in [5, 5.41) is 18.0. The van der Waals surface area contributed by atoms with Crippen LogP contribution in [0.25, 0.3) is 0 Å². The Balaban J connectivity index is 2.09. The van der Waals surface area contributed by atoms with Crippen molar-refractivity contribution in [2.75, 3.05) is 6.54 Å². The first-order valence-corrected chi connectivity index (χ1v) is 5.23. The van der Waals surface area contributed by atoms with Crippen LogP contribution in [0.3, 0.4) is 0 Å². The number of H-pyrrole nitrogens is 1. The topological polar surface area (TPSA) is 84.3 Å². The van der Waals surface area contributed by atoms with Gasteiger partial charge < -0.3 is 5.32 Å². The van der Waals surface area contributed by atoms with Crippen LogP contribution in [0.4, 0.5) is 0 Å². The average Bonchev–Trinajstić information content (AvgIpc) is 2.88. The number of nitrogens with one attached hydrogen (secondary N) is 2. The molecule has 0 radical (unpaired) electrons. The molecular formula is C9H15N7. The molecule has 1 atom stereocenters. The highest BCUT2D eigenvalue weighted by atomic mass is 15.4. The number of nitrogens with zero attached hydrogens (tertiary/aromatic N) is 5. The van der Waals surface area contributed by atoms with Gasteiger partial charge in [-0.2, -0.15) is 5.10 Å². The van der Waals surface area contributed by atoms with Crippen molar-refractivity contribution in [3.05, 3.63) is 24.0 Å². The normalized spacial score (nSPS) is 12.9. The maximum atomic E-state index is 4.15. The molecule has 0 bridgehead atoms. The fraction of sp³-hybridized carbons (Fsp3) is 0.556. The summed E-state index contributed by atoms with van der Waals surface area (Å²) < 4.78 is 1.69. The highest BCUT2D eigenvalue weighted by molar-refractivity contribution is 5.02. The summed E-state index contributed by atoms with van der Waals surface area (Å²) in [7, 11) is 1.85. The number of aromatic nitrogens is 6. The monoisotopic (exact) mass is 221 g/mol. The summed E-state index contributed by atoms with van der Waals surface area (Å²) in [5.41, 5.74) is 0.935. The van der Waals surface area contributed by atoms with Gasteiger partial charge in [0.1, 0.15) is 12.2 Å². The molecule has 0 amide bonds. The van der Waals surface area contributed by atoms with Crippen LogP contribution in [-0.2, 0) is 13.5 Å². The van der Waals surface area contributed by atoms with E-state index in [-0.39, 0.29) is 6.04 Å². The maximum absolute atomic E-state index is 4.15. The van der Waals surface area contributed by atoms with E-state index in [0.29, 0.717) is 0 Å². The summed E-state index contributed by atoms with van der Waals surface area (Å²) in [6.07, 6.45) is 4.16. The molecule has 2 aromatic rings. The Kier molecular flexibility index (Phi) is 3.25. The molecule has 2 aromatic heterocycles. The molecule has 0 fully saturated rings. The second-order valence-corrected chi connectivity index (χ2v) is 3.57. The van der Waals surface area contributed by atoms with Crippen molar-refractivity contribution in [3.8, 4) is 0 Å². The average molecular weight is 221 g/mol. The largest absolute Gasteiger partial charge is 0.307 e. The van der Waals surface area contributed by atoms with Crippen molar-refractivity contribution < 1.29 is 0 Å². The molecule has 2 heterocycles. The van der Waals surface area contributed by atoms with Crippen molar-refractivity contribution in [1.29, 1.82) is 0 Å². The molecule has 0 aliphatic rings. The van der Waals surface area contributed by atoms with Gasteiger partial charge in [0, 0.05) is 19.7 Å². The van der Waals surface area contributed by atoms with Crippen LogP contribution < -0.4 is 5.32 Å². The van der Waals surface area contributed by atoms with Crippen molar-refractivity contribution in [2.24, 2.45) is 7.05 Å². The van der Waals surface area contributed by atoms with Gasteiger partial charge in [0.15, 0.2) is 0 Å². The Morgan fingerprint density at radius 2 is 2.44 bits per heavy atom.